The number of hydrogen-bond donors (Lipinski definition) is 2. The third-order valence-corrected chi connectivity index (χ3v) is 5.76. The largest absolute Gasteiger partial charge is 0.398 e. The Kier molecular flexibility index (Phi) is 5.10. The van der Waals surface area contributed by atoms with E-state index in [2.05, 4.69) is 4.72 Å². The van der Waals surface area contributed by atoms with Crippen molar-refractivity contribution in [3.8, 4) is 0 Å². The predicted octanol–water partition coefficient (Wildman–Crippen LogP) is 1.75. The highest BCUT2D eigenvalue weighted by Gasteiger charge is 2.20. The Balaban J connectivity index is 2.78. The first-order valence-corrected chi connectivity index (χ1v) is 8.60. The maximum atomic E-state index is 11.9. The molecular weight excluding hydrogens is 264 g/mol. The number of nitrogens with one attached hydrogen (secondary N) is 1. The number of sulfonamides is 1. The average Bonchev–Trinajstić information content (AvgIpc) is 2.64. The Morgan fingerprint density at radius 1 is 1.62 bits per heavy atom. The van der Waals surface area contributed by atoms with Gasteiger partial charge >= 0.3 is 0 Å². The summed E-state index contributed by atoms with van der Waals surface area (Å²) in [6.07, 6.45) is 2.74. The van der Waals surface area contributed by atoms with Crippen molar-refractivity contribution >= 4 is 38.8 Å². The maximum absolute atomic E-state index is 11.9. The predicted molar refractivity (Wildman–Crippen MR) is 71.5 cm³/mol. The summed E-state index contributed by atoms with van der Waals surface area (Å²) in [5, 5.41) is 1.63. The lowest BCUT2D eigenvalue weighted by Crippen LogP contribution is -2.35. The molecule has 16 heavy (non-hydrogen) atoms. The fraction of sp³-hybridized carbons (Fsp3) is 0.556. The van der Waals surface area contributed by atoms with Gasteiger partial charge in [-0.25, -0.2) is 13.1 Å². The topological polar surface area (TPSA) is 72.2 Å². The molecule has 0 aliphatic heterocycles. The zero-order valence-electron chi connectivity index (χ0n) is 9.26. The van der Waals surface area contributed by atoms with Crippen molar-refractivity contribution in [2.24, 2.45) is 0 Å². The third kappa shape index (κ3) is 3.65. The first-order valence-electron chi connectivity index (χ1n) is 4.85. The molecule has 0 saturated carbocycles. The van der Waals surface area contributed by atoms with E-state index in [-0.39, 0.29) is 10.3 Å². The number of rotatable bonds is 6. The van der Waals surface area contributed by atoms with E-state index in [1.807, 2.05) is 13.2 Å². The van der Waals surface area contributed by atoms with Crippen LogP contribution < -0.4 is 10.5 Å². The summed E-state index contributed by atoms with van der Waals surface area (Å²) < 4.78 is 26.8. The molecule has 0 bridgehead atoms. The summed E-state index contributed by atoms with van der Waals surface area (Å²) in [5.74, 6) is 0.774. The second-order valence-electron chi connectivity index (χ2n) is 3.38. The molecule has 1 rings (SSSR count). The summed E-state index contributed by atoms with van der Waals surface area (Å²) in [6, 6.07) is 1.46. The normalized spacial score (nSPS) is 13.9. The molecule has 3 N–H and O–H groups in total. The molecule has 7 heteroatoms. The van der Waals surface area contributed by atoms with Crippen LogP contribution in [0.1, 0.15) is 13.3 Å². The Morgan fingerprint density at radius 2 is 2.31 bits per heavy atom. The van der Waals surface area contributed by atoms with Gasteiger partial charge in [0.25, 0.3) is 0 Å². The van der Waals surface area contributed by atoms with Gasteiger partial charge in [-0.05, 0) is 18.7 Å². The van der Waals surface area contributed by atoms with Crippen LogP contribution in [0.3, 0.4) is 0 Å². The van der Waals surface area contributed by atoms with Crippen LogP contribution in [-0.4, -0.2) is 26.5 Å². The van der Waals surface area contributed by atoms with Gasteiger partial charge in [-0.15, -0.1) is 11.3 Å². The van der Waals surface area contributed by atoms with E-state index >= 15 is 0 Å². The van der Waals surface area contributed by atoms with Crippen LogP contribution in [0.15, 0.2) is 15.7 Å². The Labute approximate surface area is 105 Å². The van der Waals surface area contributed by atoms with Gasteiger partial charge in [0.1, 0.15) is 4.21 Å². The summed E-state index contributed by atoms with van der Waals surface area (Å²) in [7, 11) is -3.40. The molecule has 1 aromatic rings. The van der Waals surface area contributed by atoms with Crippen molar-refractivity contribution in [1.29, 1.82) is 0 Å². The van der Waals surface area contributed by atoms with Crippen molar-refractivity contribution in [2.75, 3.05) is 17.7 Å². The van der Waals surface area contributed by atoms with Crippen LogP contribution in [0.5, 0.6) is 0 Å². The fourth-order valence-corrected chi connectivity index (χ4v) is 4.43. The van der Waals surface area contributed by atoms with E-state index in [9.17, 15) is 8.42 Å². The highest BCUT2D eigenvalue weighted by atomic mass is 32.2. The number of thiophene rings is 1. The van der Waals surface area contributed by atoms with E-state index in [4.69, 9.17) is 5.73 Å². The number of nitrogen functional groups attached to an aromatic ring is 1. The van der Waals surface area contributed by atoms with Crippen LogP contribution in [-0.2, 0) is 10.0 Å². The second kappa shape index (κ2) is 5.90. The SMILES string of the molecule is CCC(CSC)NS(=O)(=O)c1cc(N)cs1. The van der Waals surface area contributed by atoms with E-state index in [0.29, 0.717) is 5.69 Å². The lowest BCUT2D eigenvalue weighted by atomic mass is 10.3. The van der Waals surface area contributed by atoms with Gasteiger partial charge in [0, 0.05) is 22.9 Å². The van der Waals surface area contributed by atoms with Gasteiger partial charge in [0.2, 0.25) is 10.0 Å². The van der Waals surface area contributed by atoms with Crippen molar-refractivity contribution < 1.29 is 8.42 Å². The zero-order valence-corrected chi connectivity index (χ0v) is 11.7. The quantitative estimate of drug-likeness (QED) is 0.832. The molecule has 1 unspecified atom stereocenters. The number of hydrogen-bond acceptors (Lipinski definition) is 5. The molecular formula is C9H16N2O2S3. The molecule has 0 aromatic carbocycles. The van der Waals surface area contributed by atoms with Crippen LogP contribution in [0.2, 0.25) is 0 Å². The number of thioether (sulfide) groups is 1. The van der Waals surface area contributed by atoms with Gasteiger partial charge in [0.05, 0.1) is 0 Å². The molecule has 0 aliphatic rings. The van der Waals surface area contributed by atoms with E-state index < -0.39 is 10.0 Å². The van der Waals surface area contributed by atoms with Gasteiger partial charge in [-0.3, -0.25) is 0 Å². The number of anilines is 1. The third-order valence-electron chi connectivity index (χ3n) is 2.04. The summed E-state index contributed by atoms with van der Waals surface area (Å²) in [5.41, 5.74) is 6.00. The molecule has 1 aromatic heterocycles. The van der Waals surface area contributed by atoms with Crippen LogP contribution in [0.25, 0.3) is 0 Å². The lowest BCUT2D eigenvalue weighted by molar-refractivity contribution is 0.560. The van der Waals surface area contributed by atoms with Gasteiger partial charge < -0.3 is 5.73 Å². The molecule has 0 amide bonds. The van der Waals surface area contributed by atoms with Gasteiger partial charge in [-0.1, -0.05) is 6.92 Å². The summed E-state index contributed by atoms with van der Waals surface area (Å²) in [4.78, 5) is 0. The molecule has 0 fully saturated rings. The molecule has 1 heterocycles. The monoisotopic (exact) mass is 280 g/mol. The van der Waals surface area contributed by atoms with E-state index in [1.54, 1.807) is 17.1 Å². The maximum Gasteiger partial charge on any atom is 0.250 e. The molecule has 0 radical (unpaired) electrons. The highest BCUT2D eigenvalue weighted by Crippen LogP contribution is 2.22. The molecule has 1 atom stereocenters. The minimum absolute atomic E-state index is 0.0247. The Hall–Kier alpha value is -0.240. The summed E-state index contributed by atoms with van der Waals surface area (Å²) in [6.45, 7) is 1.96. The van der Waals surface area contributed by atoms with Crippen LogP contribution >= 0.6 is 23.1 Å². The zero-order chi connectivity index (χ0) is 12.2. The Bertz CT molecular complexity index is 428. The minimum atomic E-state index is -3.40. The van der Waals surface area contributed by atoms with Crippen LogP contribution in [0, 0.1) is 0 Å². The first kappa shape index (κ1) is 13.8. The first-order chi connectivity index (χ1) is 7.49. The lowest BCUT2D eigenvalue weighted by Gasteiger charge is -2.14. The van der Waals surface area contributed by atoms with E-state index in [0.717, 1.165) is 23.5 Å². The van der Waals surface area contributed by atoms with Crippen molar-refractivity contribution in [2.45, 2.75) is 23.6 Å². The average molecular weight is 280 g/mol. The molecule has 92 valence electrons. The fourth-order valence-electron chi connectivity index (χ4n) is 1.19. The smallest absolute Gasteiger partial charge is 0.250 e. The molecule has 0 spiro atoms. The molecule has 0 aliphatic carbocycles. The summed E-state index contributed by atoms with van der Waals surface area (Å²) >= 11 is 2.77. The second-order valence-corrected chi connectivity index (χ2v) is 7.14. The molecule has 0 saturated heterocycles. The number of nitrogens with two attached hydrogens (primary N) is 1. The van der Waals surface area contributed by atoms with Gasteiger partial charge in [-0.2, -0.15) is 11.8 Å². The highest BCUT2D eigenvalue weighted by molar-refractivity contribution is 7.98. The van der Waals surface area contributed by atoms with E-state index in [1.165, 1.54) is 6.07 Å². The van der Waals surface area contributed by atoms with Gasteiger partial charge in [0.15, 0.2) is 0 Å². The standard InChI is InChI=1S/C9H16N2O2S3/c1-3-8(6-14-2)11-16(12,13)9-4-7(10)5-15-9/h4-5,8,11H,3,6,10H2,1-2H3. The molecule has 4 nitrogen and oxygen atoms in total. The van der Waals surface area contributed by atoms with Crippen molar-refractivity contribution in [1.82, 2.24) is 4.72 Å². The van der Waals surface area contributed by atoms with Crippen molar-refractivity contribution in [3.63, 3.8) is 0 Å². The van der Waals surface area contributed by atoms with Crippen LogP contribution in [0.4, 0.5) is 5.69 Å². The minimum Gasteiger partial charge on any atom is -0.398 e. The van der Waals surface area contributed by atoms with Crippen molar-refractivity contribution in [3.05, 3.63) is 11.4 Å². The Morgan fingerprint density at radius 3 is 2.75 bits per heavy atom.